The van der Waals surface area contributed by atoms with Crippen LogP contribution in [0.2, 0.25) is 0 Å². The van der Waals surface area contributed by atoms with E-state index in [0.717, 1.165) is 30.8 Å². The van der Waals surface area contributed by atoms with Gasteiger partial charge in [0.05, 0.1) is 0 Å². The predicted molar refractivity (Wildman–Crippen MR) is 59.7 cm³/mol. The van der Waals surface area contributed by atoms with Crippen LogP contribution in [0.5, 0.6) is 0 Å². The van der Waals surface area contributed by atoms with E-state index in [1.165, 1.54) is 0 Å². The lowest BCUT2D eigenvalue weighted by atomic mass is 10.1. The quantitative estimate of drug-likeness (QED) is 0.515. The summed E-state index contributed by atoms with van der Waals surface area (Å²) in [6, 6.07) is 0. The third-order valence-electron chi connectivity index (χ3n) is 2.23. The maximum absolute atomic E-state index is 5.84. The Kier molecular flexibility index (Phi) is 6.29. The van der Waals surface area contributed by atoms with Crippen molar-refractivity contribution < 1.29 is 0 Å². The molecule has 0 bridgehead atoms. The van der Waals surface area contributed by atoms with E-state index in [1.807, 2.05) is 13.0 Å². The van der Waals surface area contributed by atoms with Gasteiger partial charge in [-0.15, -0.1) is 0 Å². The van der Waals surface area contributed by atoms with Gasteiger partial charge in [0.25, 0.3) is 0 Å². The molecule has 0 aliphatic carbocycles. The highest BCUT2D eigenvalue weighted by atomic mass is 14.9. The summed E-state index contributed by atoms with van der Waals surface area (Å²) >= 11 is 0. The van der Waals surface area contributed by atoms with Crippen LogP contribution in [0.4, 0.5) is 0 Å². The van der Waals surface area contributed by atoms with Gasteiger partial charge >= 0.3 is 0 Å². The highest BCUT2D eigenvalue weighted by molar-refractivity contribution is 5.83. The number of nitrogens with zero attached hydrogens (tertiary/aromatic N) is 1. The molecule has 0 aromatic carbocycles. The molecule has 0 amide bonds. The third-order valence-corrected chi connectivity index (χ3v) is 2.23. The first-order chi connectivity index (χ1) is 6.15. The lowest BCUT2D eigenvalue weighted by molar-refractivity contribution is 0.728. The summed E-state index contributed by atoms with van der Waals surface area (Å²) in [6.45, 7) is 8.40. The summed E-state index contributed by atoms with van der Waals surface area (Å²) in [5.74, 6) is 1.16. The maximum atomic E-state index is 5.84. The molecule has 0 fully saturated rings. The first-order valence-electron chi connectivity index (χ1n) is 5.14. The number of hydrogen-bond donors (Lipinski definition) is 1. The molecule has 1 unspecified atom stereocenters. The molecular formula is C11H22N2. The minimum atomic E-state index is 0.395. The van der Waals surface area contributed by atoms with Crippen molar-refractivity contribution in [1.29, 1.82) is 0 Å². The molecule has 1 atom stereocenters. The zero-order valence-electron chi connectivity index (χ0n) is 9.30. The summed E-state index contributed by atoms with van der Waals surface area (Å²) in [7, 11) is 0. The first kappa shape index (κ1) is 12.2. The Hall–Kier alpha value is -0.790. The van der Waals surface area contributed by atoms with Gasteiger partial charge in [-0.3, -0.25) is 0 Å². The van der Waals surface area contributed by atoms with Crippen molar-refractivity contribution in [3.05, 3.63) is 11.8 Å². The van der Waals surface area contributed by atoms with Gasteiger partial charge in [-0.25, -0.2) is 4.99 Å². The summed E-state index contributed by atoms with van der Waals surface area (Å²) in [5.41, 5.74) is 6.96. The van der Waals surface area contributed by atoms with E-state index in [4.69, 9.17) is 5.73 Å². The second-order valence-electron chi connectivity index (χ2n) is 3.38. The maximum Gasteiger partial charge on any atom is 0.102 e. The monoisotopic (exact) mass is 182 g/mol. The number of allylic oxidation sites excluding steroid dienone is 2. The second kappa shape index (κ2) is 6.70. The predicted octanol–water partition coefficient (Wildman–Crippen LogP) is 3.09. The van der Waals surface area contributed by atoms with E-state index >= 15 is 0 Å². The Morgan fingerprint density at radius 3 is 2.46 bits per heavy atom. The first-order valence-corrected chi connectivity index (χ1v) is 5.14. The second-order valence-corrected chi connectivity index (χ2v) is 3.38. The SMILES string of the molecule is C/C=C(/CCC)N=C(N)C(C)CC. The Balaban J connectivity index is 4.33. The summed E-state index contributed by atoms with van der Waals surface area (Å²) in [6.07, 6.45) is 5.24. The number of hydrogen-bond acceptors (Lipinski definition) is 1. The van der Waals surface area contributed by atoms with E-state index in [9.17, 15) is 0 Å². The van der Waals surface area contributed by atoms with E-state index in [-0.39, 0.29) is 0 Å². The van der Waals surface area contributed by atoms with Crippen molar-refractivity contribution in [2.75, 3.05) is 0 Å². The van der Waals surface area contributed by atoms with Gasteiger partial charge in [0.15, 0.2) is 0 Å². The molecule has 0 aromatic heterocycles. The van der Waals surface area contributed by atoms with Gasteiger partial charge in [0.2, 0.25) is 0 Å². The standard InChI is InChI=1S/C11H22N2/c1-5-8-10(7-3)13-11(12)9(4)6-2/h7,9H,5-6,8H2,1-4H3,(H2,12,13)/b10-7-. The molecule has 2 nitrogen and oxygen atoms in total. The van der Waals surface area contributed by atoms with Crippen LogP contribution >= 0.6 is 0 Å². The average Bonchev–Trinajstić information content (AvgIpc) is 2.15. The normalized spacial score (nSPS) is 16.0. The fraction of sp³-hybridized carbons (Fsp3) is 0.727. The Morgan fingerprint density at radius 1 is 1.46 bits per heavy atom. The van der Waals surface area contributed by atoms with E-state index < -0.39 is 0 Å². The molecule has 2 N–H and O–H groups in total. The highest BCUT2D eigenvalue weighted by Crippen LogP contribution is 2.09. The summed E-state index contributed by atoms with van der Waals surface area (Å²) in [4.78, 5) is 4.41. The molecule has 13 heavy (non-hydrogen) atoms. The van der Waals surface area contributed by atoms with Gasteiger partial charge in [-0.05, 0) is 19.8 Å². The largest absolute Gasteiger partial charge is 0.387 e. The van der Waals surface area contributed by atoms with Crippen LogP contribution in [0.3, 0.4) is 0 Å². The molecule has 0 saturated carbocycles. The highest BCUT2D eigenvalue weighted by Gasteiger charge is 2.03. The van der Waals surface area contributed by atoms with Crippen LogP contribution in [-0.2, 0) is 0 Å². The fourth-order valence-corrected chi connectivity index (χ4v) is 1.01. The third kappa shape index (κ3) is 4.71. The van der Waals surface area contributed by atoms with Gasteiger partial charge in [0.1, 0.15) is 5.84 Å². The van der Waals surface area contributed by atoms with Crippen LogP contribution in [0.15, 0.2) is 16.8 Å². The number of rotatable bonds is 5. The molecule has 76 valence electrons. The minimum absolute atomic E-state index is 0.395. The van der Waals surface area contributed by atoms with Gasteiger partial charge in [-0.2, -0.15) is 0 Å². The molecule has 0 aromatic rings. The van der Waals surface area contributed by atoms with Crippen molar-refractivity contribution in [2.45, 2.75) is 47.0 Å². The smallest absolute Gasteiger partial charge is 0.102 e. The van der Waals surface area contributed by atoms with Crippen LogP contribution < -0.4 is 5.73 Å². The summed E-state index contributed by atoms with van der Waals surface area (Å²) in [5, 5.41) is 0. The van der Waals surface area contributed by atoms with Gasteiger partial charge in [0, 0.05) is 11.6 Å². The van der Waals surface area contributed by atoms with Crippen molar-refractivity contribution in [1.82, 2.24) is 0 Å². The molecule has 0 aliphatic rings. The molecular weight excluding hydrogens is 160 g/mol. The Bertz CT molecular complexity index is 192. The van der Waals surface area contributed by atoms with E-state index in [1.54, 1.807) is 0 Å². The molecule has 0 heterocycles. The molecule has 0 radical (unpaired) electrons. The number of amidine groups is 1. The van der Waals surface area contributed by atoms with E-state index in [0.29, 0.717) is 5.92 Å². The fourth-order valence-electron chi connectivity index (χ4n) is 1.01. The Morgan fingerprint density at radius 2 is 2.08 bits per heavy atom. The van der Waals surface area contributed by atoms with Crippen molar-refractivity contribution in [2.24, 2.45) is 16.6 Å². The molecule has 2 heteroatoms. The molecule has 0 spiro atoms. The lowest BCUT2D eigenvalue weighted by Crippen LogP contribution is -2.20. The number of nitrogens with two attached hydrogens (primary N) is 1. The zero-order chi connectivity index (χ0) is 10.3. The van der Waals surface area contributed by atoms with Crippen LogP contribution in [0.25, 0.3) is 0 Å². The Labute approximate surface area is 81.9 Å². The zero-order valence-corrected chi connectivity index (χ0v) is 9.30. The van der Waals surface area contributed by atoms with Crippen molar-refractivity contribution in [3.8, 4) is 0 Å². The molecule has 0 rings (SSSR count). The van der Waals surface area contributed by atoms with Crippen molar-refractivity contribution >= 4 is 5.84 Å². The van der Waals surface area contributed by atoms with E-state index in [2.05, 4.69) is 25.8 Å². The van der Waals surface area contributed by atoms with Gasteiger partial charge < -0.3 is 5.73 Å². The topological polar surface area (TPSA) is 38.4 Å². The minimum Gasteiger partial charge on any atom is -0.387 e. The molecule has 0 saturated heterocycles. The average molecular weight is 182 g/mol. The number of aliphatic imine (C=N–C) groups is 1. The van der Waals surface area contributed by atoms with Crippen LogP contribution in [0, 0.1) is 5.92 Å². The van der Waals surface area contributed by atoms with Crippen molar-refractivity contribution in [3.63, 3.8) is 0 Å². The van der Waals surface area contributed by atoms with Crippen LogP contribution in [-0.4, -0.2) is 5.84 Å². The molecule has 0 aliphatic heterocycles. The lowest BCUT2D eigenvalue weighted by Gasteiger charge is -2.08. The van der Waals surface area contributed by atoms with Gasteiger partial charge in [-0.1, -0.05) is 33.3 Å². The summed E-state index contributed by atoms with van der Waals surface area (Å²) < 4.78 is 0. The van der Waals surface area contributed by atoms with Crippen LogP contribution in [0.1, 0.15) is 47.0 Å².